The lowest BCUT2D eigenvalue weighted by atomic mass is 9.65. The number of hydrogen-bond donors (Lipinski definition) is 1. The van der Waals surface area contributed by atoms with E-state index in [1.54, 1.807) is 23.4 Å². The molecule has 1 aliphatic rings. The Kier molecular flexibility index (Phi) is 7.68. The molecule has 0 radical (unpaired) electrons. The minimum atomic E-state index is -0.220. The highest BCUT2D eigenvalue weighted by molar-refractivity contribution is 7.15. The molecule has 1 fully saturated rings. The van der Waals surface area contributed by atoms with E-state index in [-0.39, 0.29) is 17.0 Å². The van der Waals surface area contributed by atoms with Gasteiger partial charge in [-0.05, 0) is 72.3 Å². The highest BCUT2D eigenvalue weighted by atomic mass is 31.0. The summed E-state index contributed by atoms with van der Waals surface area (Å²) in [5.41, 5.74) is 3.10. The van der Waals surface area contributed by atoms with Gasteiger partial charge in [0.2, 0.25) is 0 Å². The third kappa shape index (κ3) is 5.11. The van der Waals surface area contributed by atoms with Crippen LogP contribution in [0.25, 0.3) is 11.4 Å². The summed E-state index contributed by atoms with van der Waals surface area (Å²) in [6.45, 7) is 2.82. The number of urea groups is 1. The SMILES string of the molecule is CN(C)[C@]1(c2ccccc2)CC[C@@](C)(CN(C(=O)NP)c2cnc(-c3ccccc3C#N)nc2)CC1. The number of nitrogens with zero attached hydrogens (tertiary/aromatic N) is 5. The second-order valence-corrected chi connectivity index (χ2v) is 10.3. The van der Waals surface area contributed by atoms with Crippen LogP contribution in [0.3, 0.4) is 0 Å². The van der Waals surface area contributed by atoms with Gasteiger partial charge < -0.3 is 5.09 Å². The van der Waals surface area contributed by atoms with Gasteiger partial charge in [-0.15, -0.1) is 0 Å². The predicted octanol–water partition coefficient (Wildman–Crippen LogP) is 5.36. The summed E-state index contributed by atoms with van der Waals surface area (Å²) in [5.74, 6) is 0.463. The topological polar surface area (TPSA) is 85.1 Å². The van der Waals surface area contributed by atoms with Crippen LogP contribution in [0.1, 0.15) is 43.7 Å². The Balaban J connectivity index is 1.56. The smallest absolute Gasteiger partial charge is 0.322 e. The van der Waals surface area contributed by atoms with E-state index in [1.165, 1.54) is 5.56 Å². The molecule has 1 unspecified atom stereocenters. The summed E-state index contributed by atoms with van der Waals surface area (Å²) < 4.78 is 0. The molecule has 7 nitrogen and oxygen atoms in total. The molecular formula is C28H33N6OP. The maximum Gasteiger partial charge on any atom is 0.324 e. The number of aromatic nitrogens is 2. The van der Waals surface area contributed by atoms with Gasteiger partial charge in [0, 0.05) is 17.6 Å². The number of benzene rings is 2. The Morgan fingerprint density at radius 1 is 1.03 bits per heavy atom. The molecule has 4 rings (SSSR count). The lowest BCUT2D eigenvalue weighted by Gasteiger charge is -2.50. The summed E-state index contributed by atoms with van der Waals surface area (Å²) in [6, 6.07) is 19.9. The molecule has 186 valence electrons. The Morgan fingerprint density at radius 3 is 2.22 bits per heavy atom. The van der Waals surface area contributed by atoms with Crippen molar-refractivity contribution in [2.75, 3.05) is 25.5 Å². The zero-order valence-electron chi connectivity index (χ0n) is 21.1. The second kappa shape index (κ2) is 10.7. The van der Waals surface area contributed by atoms with E-state index in [9.17, 15) is 10.1 Å². The number of hydrogen-bond acceptors (Lipinski definition) is 5. The molecule has 0 spiro atoms. The lowest BCUT2D eigenvalue weighted by molar-refractivity contribution is 0.0459. The van der Waals surface area contributed by atoms with Gasteiger partial charge >= 0.3 is 6.03 Å². The number of amides is 2. The van der Waals surface area contributed by atoms with Crippen molar-refractivity contribution in [1.82, 2.24) is 20.0 Å². The molecule has 1 aromatic heterocycles. The number of anilines is 1. The van der Waals surface area contributed by atoms with Gasteiger partial charge in [-0.25, -0.2) is 14.8 Å². The quantitative estimate of drug-likeness (QED) is 0.461. The molecule has 0 saturated heterocycles. The number of rotatable bonds is 6. The first-order chi connectivity index (χ1) is 17.3. The van der Waals surface area contributed by atoms with Gasteiger partial charge in [0.15, 0.2) is 5.82 Å². The first-order valence-corrected chi connectivity index (χ1v) is 12.7. The van der Waals surface area contributed by atoms with Crippen LogP contribution in [-0.4, -0.2) is 41.5 Å². The van der Waals surface area contributed by atoms with Crippen LogP contribution >= 0.6 is 9.39 Å². The molecule has 0 bridgehead atoms. The van der Waals surface area contributed by atoms with Crippen molar-refractivity contribution in [3.05, 3.63) is 78.1 Å². The average Bonchev–Trinajstić information content (AvgIpc) is 2.92. The second-order valence-electron chi connectivity index (χ2n) is 10.1. The molecule has 1 saturated carbocycles. The third-order valence-electron chi connectivity index (χ3n) is 7.60. The zero-order valence-corrected chi connectivity index (χ0v) is 22.3. The maximum atomic E-state index is 12.9. The molecule has 3 aromatic rings. The number of carbonyl (C=O) groups is 1. The van der Waals surface area contributed by atoms with Crippen LogP contribution in [0.5, 0.6) is 0 Å². The van der Waals surface area contributed by atoms with Gasteiger partial charge in [-0.3, -0.25) is 9.80 Å². The first-order valence-electron chi connectivity index (χ1n) is 12.1. The van der Waals surface area contributed by atoms with Gasteiger partial charge in [-0.2, -0.15) is 5.26 Å². The van der Waals surface area contributed by atoms with E-state index < -0.39 is 0 Å². The maximum absolute atomic E-state index is 12.9. The van der Waals surface area contributed by atoms with Crippen molar-refractivity contribution >= 4 is 21.1 Å². The summed E-state index contributed by atoms with van der Waals surface area (Å²) in [7, 11) is 6.61. The van der Waals surface area contributed by atoms with Gasteiger partial charge in [-0.1, -0.05) is 49.4 Å². The monoisotopic (exact) mass is 500 g/mol. The molecule has 1 heterocycles. The van der Waals surface area contributed by atoms with E-state index in [4.69, 9.17) is 0 Å². The van der Waals surface area contributed by atoms with E-state index in [1.807, 2.05) is 18.2 Å². The molecule has 36 heavy (non-hydrogen) atoms. The van der Waals surface area contributed by atoms with Crippen molar-refractivity contribution in [2.45, 2.75) is 38.1 Å². The van der Waals surface area contributed by atoms with Gasteiger partial charge in [0.25, 0.3) is 0 Å². The lowest BCUT2D eigenvalue weighted by Crippen LogP contribution is -2.50. The molecule has 2 amide bonds. The molecular weight excluding hydrogens is 467 g/mol. The number of nitriles is 1. The zero-order chi connectivity index (χ0) is 25.8. The van der Waals surface area contributed by atoms with Crippen LogP contribution in [0.15, 0.2) is 67.0 Å². The van der Waals surface area contributed by atoms with E-state index >= 15 is 0 Å². The normalized spacial score (nSPS) is 21.6. The van der Waals surface area contributed by atoms with Crippen molar-refractivity contribution in [2.24, 2.45) is 5.41 Å². The number of nitrogens with one attached hydrogen (secondary N) is 1. The summed E-state index contributed by atoms with van der Waals surface area (Å²) in [6.07, 6.45) is 7.31. The predicted molar refractivity (Wildman–Crippen MR) is 146 cm³/mol. The Hall–Kier alpha value is -3.33. The molecule has 1 atom stereocenters. The first kappa shape index (κ1) is 25.8. The van der Waals surface area contributed by atoms with Crippen molar-refractivity contribution < 1.29 is 4.79 Å². The van der Waals surface area contributed by atoms with Crippen molar-refractivity contribution in [1.29, 1.82) is 5.26 Å². The standard InChI is InChI=1S/C28H33N6OP/c1-27(13-15-28(16-14-27,33(2)3)22-10-5-4-6-11-22)20-34(26(35)32-36)23-18-30-25(31-19-23)24-12-8-7-9-21(24)17-29/h4-12,18-19H,13-16,20,36H2,1-3H3,(H,32,35)/t27-,28-. The van der Waals surface area contributed by atoms with Crippen LogP contribution < -0.4 is 9.99 Å². The fourth-order valence-electron chi connectivity index (χ4n) is 5.28. The van der Waals surface area contributed by atoms with Crippen LogP contribution in [-0.2, 0) is 5.54 Å². The van der Waals surface area contributed by atoms with E-state index in [0.29, 0.717) is 29.2 Å². The Labute approximate surface area is 215 Å². The number of carbonyl (C=O) groups excluding carboxylic acids is 1. The summed E-state index contributed by atoms with van der Waals surface area (Å²) in [5, 5.41) is 12.1. The van der Waals surface area contributed by atoms with E-state index in [0.717, 1.165) is 25.7 Å². The molecule has 8 heteroatoms. The van der Waals surface area contributed by atoms with Crippen molar-refractivity contribution in [3.8, 4) is 17.5 Å². The minimum Gasteiger partial charge on any atom is -0.322 e. The average molecular weight is 501 g/mol. The third-order valence-corrected chi connectivity index (χ3v) is 7.85. The molecule has 2 aromatic carbocycles. The fraction of sp³-hybridized carbons (Fsp3) is 0.357. The van der Waals surface area contributed by atoms with Crippen LogP contribution in [0, 0.1) is 16.7 Å². The van der Waals surface area contributed by atoms with Gasteiger partial charge in [0.1, 0.15) is 0 Å². The Morgan fingerprint density at radius 2 is 1.64 bits per heavy atom. The largest absolute Gasteiger partial charge is 0.324 e. The summed E-state index contributed by atoms with van der Waals surface area (Å²) in [4.78, 5) is 26.0. The van der Waals surface area contributed by atoms with E-state index in [2.05, 4.69) is 86.8 Å². The van der Waals surface area contributed by atoms with Gasteiger partial charge in [0.05, 0.1) is 29.7 Å². The highest BCUT2D eigenvalue weighted by Gasteiger charge is 2.44. The molecule has 0 aliphatic heterocycles. The molecule has 1 aliphatic carbocycles. The minimum absolute atomic E-state index is 0.00659. The summed E-state index contributed by atoms with van der Waals surface area (Å²) >= 11 is 0. The van der Waals surface area contributed by atoms with Crippen LogP contribution in [0.2, 0.25) is 0 Å². The van der Waals surface area contributed by atoms with Crippen LogP contribution in [0.4, 0.5) is 10.5 Å². The van der Waals surface area contributed by atoms with Crippen molar-refractivity contribution in [3.63, 3.8) is 0 Å². The highest BCUT2D eigenvalue weighted by Crippen LogP contribution is 2.48. The Bertz CT molecular complexity index is 1230. The fourth-order valence-corrected chi connectivity index (χ4v) is 5.44. The molecule has 1 N–H and O–H groups in total.